The fraction of sp³-hybridized carbons (Fsp3) is 0.333. The molecule has 0 aromatic heterocycles. The first-order valence-corrected chi connectivity index (χ1v) is 3.87. The average molecular weight is 150 g/mol. The van der Waals surface area contributed by atoms with Crippen molar-refractivity contribution in [3.63, 3.8) is 0 Å². The van der Waals surface area contributed by atoms with Crippen molar-refractivity contribution < 1.29 is 0 Å². The number of nitrogens with two attached hydrogens (primary N) is 1. The SMILES string of the molecule is NCC1=CC/C=C\NCC=C1. The maximum atomic E-state index is 5.51. The summed E-state index contributed by atoms with van der Waals surface area (Å²) in [5.74, 6) is 0. The van der Waals surface area contributed by atoms with Gasteiger partial charge in [-0.05, 0) is 18.2 Å². The van der Waals surface area contributed by atoms with Crippen LogP contribution >= 0.6 is 0 Å². The molecule has 0 unspecified atom stereocenters. The van der Waals surface area contributed by atoms with Gasteiger partial charge in [-0.1, -0.05) is 24.3 Å². The molecular formula is C9H14N2. The van der Waals surface area contributed by atoms with Gasteiger partial charge < -0.3 is 11.1 Å². The molecule has 0 amide bonds. The first-order valence-electron chi connectivity index (χ1n) is 3.87. The Hall–Kier alpha value is -1.02. The Labute approximate surface area is 67.5 Å². The van der Waals surface area contributed by atoms with Crippen molar-refractivity contribution in [2.24, 2.45) is 5.73 Å². The summed E-state index contributed by atoms with van der Waals surface area (Å²) in [7, 11) is 0. The second kappa shape index (κ2) is 4.74. The molecule has 3 N–H and O–H groups in total. The topological polar surface area (TPSA) is 38.0 Å². The third kappa shape index (κ3) is 3.05. The van der Waals surface area contributed by atoms with E-state index in [2.05, 4.69) is 29.6 Å². The molecule has 11 heavy (non-hydrogen) atoms. The standard InChI is InChI=1S/C9H14N2/c10-8-9-4-1-2-6-11-7-3-5-9/h2-6,11H,1,7-8,10H2/b5-3?,6-2-,9-4?. The van der Waals surface area contributed by atoms with Gasteiger partial charge in [0.2, 0.25) is 0 Å². The minimum atomic E-state index is 0.629. The van der Waals surface area contributed by atoms with E-state index in [1.54, 1.807) is 0 Å². The summed E-state index contributed by atoms with van der Waals surface area (Å²) < 4.78 is 0. The lowest BCUT2D eigenvalue weighted by molar-refractivity contribution is 0.980. The highest BCUT2D eigenvalue weighted by Crippen LogP contribution is 1.98. The van der Waals surface area contributed by atoms with Crippen LogP contribution in [0.25, 0.3) is 0 Å². The van der Waals surface area contributed by atoms with E-state index in [-0.39, 0.29) is 0 Å². The van der Waals surface area contributed by atoms with Crippen LogP contribution in [0, 0.1) is 0 Å². The molecule has 0 bridgehead atoms. The van der Waals surface area contributed by atoms with E-state index in [0.717, 1.165) is 13.0 Å². The van der Waals surface area contributed by atoms with Crippen molar-refractivity contribution in [3.05, 3.63) is 36.1 Å². The average Bonchev–Trinajstić information content (AvgIpc) is 2.16. The zero-order valence-corrected chi connectivity index (χ0v) is 6.59. The summed E-state index contributed by atoms with van der Waals surface area (Å²) in [5, 5.41) is 3.13. The first kappa shape index (κ1) is 8.08. The lowest BCUT2D eigenvalue weighted by Gasteiger charge is -1.94. The molecule has 1 aliphatic rings. The quantitative estimate of drug-likeness (QED) is 0.583. The van der Waals surface area contributed by atoms with E-state index in [0.29, 0.717) is 6.54 Å². The molecule has 2 heteroatoms. The second-order valence-electron chi connectivity index (χ2n) is 2.43. The third-order valence-electron chi connectivity index (χ3n) is 1.56. The Bertz CT molecular complexity index is 190. The van der Waals surface area contributed by atoms with Crippen LogP contribution in [0.15, 0.2) is 36.1 Å². The fourth-order valence-electron chi connectivity index (χ4n) is 0.937. The normalized spacial score (nSPS) is 20.6. The lowest BCUT2D eigenvalue weighted by atomic mass is 10.2. The highest BCUT2D eigenvalue weighted by atomic mass is 14.8. The summed E-state index contributed by atoms with van der Waals surface area (Å²) >= 11 is 0. The van der Waals surface area contributed by atoms with Crippen molar-refractivity contribution in [1.29, 1.82) is 0 Å². The van der Waals surface area contributed by atoms with Crippen LogP contribution in [-0.4, -0.2) is 13.1 Å². The van der Waals surface area contributed by atoms with Gasteiger partial charge >= 0.3 is 0 Å². The summed E-state index contributed by atoms with van der Waals surface area (Å²) in [4.78, 5) is 0. The monoisotopic (exact) mass is 150 g/mol. The van der Waals surface area contributed by atoms with Gasteiger partial charge in [-0.3, -0.25) is 0 Å². The van der Waals surface area contributed by atoms with E-state index in [1.165, 1.54) is 5.57 Å². The molecule has 60 valence electrons. The fourth-order valence-corrected chi connectivity index (χ4v) is 0.937. The number of hydrogen-bond acceptors (Lipinski definition) is 2. The molecule has 1 aliphatic heterocycles. The molecule has 0 radical (unpaired) electrons. The third-order valence-corrected chi connectivity index (χ3v) is 1.56. The molecule has 0 saturated heterocycles. The number of rotatable bonds is 1. The molecule has 2 nitrogen and oxygen atoms in total. The van der Waals surface area contributed by atoms with Crippen molar-refractivity contribution >= 4 is 0 Å². The van der Waals surface area contributed by atoms with Crippen LogP contribution in [0.1, 0.15) is 6.42 Å². The summed E-state index contributed by atoms with van der Waals surface area (Å²) in [6, 6.07) is 0. The summed E-state index contributed by atoms with van der Waals surface area (Å²) in [6.07, 6.45) is 11.3. The van der Waals surface area contributed by atoms with Gasteiger partial charge in [-0.25, -0.2) is 0 Å². The van der Waals surface area contributed by atoms with Crippen molar-refractivity contribution in [1.82, 2.24) is 5.32 Å². The van der Waals surface area contributed by atoms with E-state index >= 15 is 0 Å². The minimum Gasteiger partial charge on any atom is -0.388 e. The van der Waals surface area contributed by atoms with Gasteiger partial charge in [0.1, 0.15) is 0 Å². The van der Waals surface area contributed by atoms with Gasteiger partial charge in [0, 0.05) is 13.1 Å². The van der Waals surface area contributed by atoms with Gasteiger partial charge in [0.05, 0.1) is 0 Å². The predicted octanol–water partition coefficient (Wildman–Crippen LogP) is 0.935. The summed E-state index contributed by atoms with van der Waals surface area (Å²) in [6.45, 7) is 1.51. The Kier molecular flexibility index (Phi) is 3.48. The molecule has 0 fully saturated rings. The van der Waals surface area contributed by atoms with Crippen LogP contribution in [0.5, 0.6) is 0 Å². The Morgan fingerprint density at radius 1 is 1.45 bits per heavy atom. The first-order chi connectivity index (χ1) is 5.43. The van der Waals surface area contributed by atoms with Crippen LogP contribution in [0.4, 0.5) is 0 Å². The zero-order valence-electron chi connectivity index (χ0n) is 6.59. The molecule has 0 spiro atoms. The van der Waals surface area contributed by atoms with E-state index < -0.39 is 0 Å². The molecule has 1 heterocycles. The van der Waals surface area contributed by atoms with Gasteiger partial charge in [0.15, 0.2) is 0 Å². The maximum Gasteiger partial charge on any atom is 0.0328 e. The molecule has 0 aromatic carbocycles. The highest BCUT2D eigenvalue weighted by molar-refractivity contribution is 5.21. The van der Waals surface area contributed by atoms with Gasteiger partial charge in [-0.2, -0.15) is 0 Å². The zero-order chi connectivity index (χ0) is 7.94. The van der Waals surface area contributed by atoms with Gasteiger partial charge in [0.25, 0.3) is 0 Å². The number of allylic oxidation sites excluding steroid dienone is 2. The lowest BCUT2D eigenvalue weighted by Crippen LogP contribution is -2.04. The Morgan fingerprint density at radius 2 is 2.36 bits per heavy atom. The van der Waals surface area contributed by atoms with Crippen LogP contribution < -0.4 is 11.1 Å². The Balaban J connectivity index is 2.59. The molecule has 0 aliphatic carbocycles. The highest BCUT2D eigenvalue weighted by Gasteiger charge is 1.87. The smallest absolute Gasteiger partial charge is 0.0328 e. The maximum absolute atomic E-state index is 5.51. The molecule has 1 rings (SSSR count). The largest absolute Gasteiger partial charge is 0.388 e. The van der Waals surface area contributed by atoms with E-state index in [4.69, 9.17) is 5.73 Å². The van der Waals surface area contributed by atoms with E-state index in [1.807, 2.05) is 6.20 Å². The number of nitrogens with one attached hydrogen (secondary N) is 1. The minimum absolute atomic E-state index is 0.629. The van der Waals surface area contributed by atoms with Crippen LogP contribution in [0.2, 0.25) is 0 Å². The van der Waals surface area contributed by atoms with Crippen LogP contribution in [0.3, 0.4) is 0 Å². The van der Waals surface area contributed by atoms with Crippen molar-refractivity contribution in [2.45, 2.75) is 6.42 Å². The Morgan fingerprint density at radius 3 is 3.18 bits per heavy atom. The van der Waals surface area contributed by atoms with E-state index in [9.17, 15) is 0 Å². The van der Waals surface area contributed by atoms with Crippen LogP contribution in [-0.2, 0) is 0 Å². The molecular weight excluding hydrogens is 136 g/mol. The molecule has 0 saturated carbocycles. The van der Waals surface area contributed by atoms with Crippen molar-refractivity contribution in [3.8, 4) is 0 Å². The summed E-state index contributed by atoms with van der Waals surface area (Å²) in [5.41, 5.74) is 6.72. The molecule has 0 aromatic rings. The number of hydrogen-bond donors (Lipinski definition) is 2. The second-order valence-corrected chi connectivity index (χ2v) is 2.43. The molecule has 0 atom stereocenters. The predicted molar refractivity (Wildman–Crippen MR) is 48.0 cm³/mol. The van der Waals surface area contributed by atoms with Crippen molar-refractivity contribution in [2.75, 3.05) is 13.1 Å². The van der Waals surface area contributed by atoms with Gasteiger partial charge in [-0.15, -0.1) is 0 Å².